The van der Waals surface area contributed by atoms with Crippen LogP contribution in [0.3, 0.4) is 0 Å². The van der Waals surface area contributed by atoms with Gasteiger partial charge in [-0.2, -0.15) is 5.10 Å². The summed E-state index contributed by atoms with van der Waals surface area (Å²) in [7, 11) is 1.91. The first-order chi connectivity index (χ1) is 7.65. The predicted octanol–water partition coefficient (Wildman–Crippen LogP) is 2.50. The summed E-state index contributed by atoms with van der Waals surface area (Å²) in [5, 5.41) is 7.61. The number of halogens is 1. The number of nitrogens with zero attached hydrogens (tertiary/aromatic N) is 3. The molecule has 0 saturated carbocycles. The van der Waals surface area contributed by atoms with Crippen LogP contribution in [0.5, 0.6) is 0 Å². The van der Waals surface area contributed by atoms with Crippen molar-refractivity contribution in [1.82, 2.24) is 14.8 Å². The van der Waals surface area contributed by atoms with Crippen LogP contribution in [-0.2, 0) is 13.6 Å². The van der Waals surface area contributed by atoms with Gasteiger partial charge in [0.15, 0.2) is 0 Å². The molecule has 0 bridgehead atoms. The van der Waals surface area contributed by atoms with Gasteiger partial charge in [0.2, 0.25) is 0 Å². The van der Waals surface area contributed by atoms with Gasteiger partial charge in [0, 0.05) is 13.2 Å². The third kappa shape index (κ3) is 2.61. The summed E-state index contributed by atoms with van der Waals surface area (Å²) in [6.07, 6.45) is 1.93. The number of hydrogen-bond acceptors (Lipinski definition) is 3. The van der Waals surface area contributed by atoms with Gasteiger partial charge in [-0.1, -0.05) is 0 Å². The van der Waals surface area contributed by atoms with E-state index in [1.54, 1.807) is 4.68 Å². The smallest absolute Gasteiger partial charge is 0.106 e. The molecule has 0 aliphatic carbocycles. The van der Waals surface area contributed by atoms with E-state index in [1.165, 1.54) is 0 Å². The van der Waals surface area contributed by atoms with Gasteiger partial charge in [-0.05, 0) is 41.1 Å². The Morgan fingerprint density at radius 2 is 2.19 bits per heavy atom. The van der Waals surface area contributed by atoms with Gasteiger partial charge in [0.05, 0.1) is 23.6 Å². The summed E-state index contributed by atoms with van der Waals surface area (Å²) in [5.74, 6) is 0. The highest BCUT2D eigenvalue weighted by atomic mass is 79.9. The number of aryl methyl sites for hydroxylation is 2. The lowest BCUT2D eigenvalue weighted by atomic mass is 10.3. The molecule has 2 rings (SSSR count). The average molecular weight is 281 g/mol. The molecule has 0 aliphatic rings. The Hall–Kier alpha value is -1.36. The topological polar surface area (TPSA) is 42.7 Å². The van der Waals surface area contributed by atoms with Crippen LogP contribution in [0.2, 0.25) is 0 Å². The van der Waals surface area contributed by atoms with Crippen LogP contribution < -0.4 is 5.32 Å². The first kappa shape index (κ1) is 11.1. The Labute approximate surface area is 103 Å². The highest BCUT2D eigenvalue weighted by Crippen LogP contribution is 2.16. The molecule has 0 unspecified atom stereocenters. The van der Waals surface area contributed by atoms with Gasteiger partial charge in [0.1, 0.15) is 4.60 Å². The van der Waals surface area contributed by atoms with Crippen LogP contribution in [0.25, 0.3) is 0 Å². The molecule has 0 radical (unpaired) electrons. The Bertz CT molecular complexity index is 492. The second-order valence-electron chi connectivity index (χ2n) is 3.60. The summed E-state index contributed by atoms with van der Waals surface area (Å²) in [6, 6.07) is 5.93. The molecule has 0 atom stereocenters. The third-order valence-electron chi connectivity index (χ3n) is 2.28. The van der Waals surface area contributed by atoms with Crippen molar-refractivity contribution in [2.75, 3.05) is 5.32 Å². The minimum absolute atomic E-state index is 0.713. The first-order valence-electron chi connectivity index (χ1n) is 5.01. The summed E-state index contributed by atoms with van der Waals surface area (Å²) in [4.78, 5) is 4.32. The monoisotopic (exact) mass is 280 g/mol. The molecule has 0 spiro atoms. The van der Waals surface area contributed by atoms with Gasteiger partial charge in [0.25, 0.3) is 0 Å². The van der Waals surface area contributed by atoms with E-state index in [1.807, 2.05) is 38.4 Å². The van der Waals surface area contributed by atoms with Crippen molar-refractivity contribution in [3.05, 3.63) is 40.4 Å². The number of hydrogen-bond donors (Lipinski definition) is 1. The minimum atomic E-state index is 0.713. The molecule has 4 nitrogen and oxygen atoms in total. The maximum atomic E-state index is 4.32. The van der Waals surface area contributed by atoms with Crippen molar-refractivity contribution in [3.63, 3.8) is 0 Å². The Kier molecular flexibility index (Phi) is 3.24. The molecule has 2 aromatic heterocycles. The second kappa shape index (κ2) is 4.65. The van der Waals surface area contributed by atoms with Crippen molar-refractivity contribution >= 4 is 21.6 Å². The first-order valence-corrected chi connectivity index (χ1v) is 5.80. The lowest BCUT2D eigenvalue weighted by Crippen LogP contribution is -2.03. The van der Waals surface area contributed by atoms with Crippen LogP contribution in [-0.4, -0.2) is 14.8 Å². The number of nitrogens with one attached hydrogen (secondary N) is 1. The van der Waals surface area contributed by atoms with Crippen molar-refractivity contribution in [3.8, 4) is 0 Å². The predicted molar refractivity (Wildman–Crippen MR) is 67.2 cm³/mol. The molecule has 0 saturated heterocycles. The third-order valence-corrected chi connectivity index (χ3v) is 2.72. The standard InChI is InChI=1S/C11H13BrN4/c1-8-10(3-4-11(12)14-8)13-7-9-5-6-16(2)15-9/h3-6,13H,7H2,1-2H3. The average Bonchev–Trinajstić information content (AvgIpc) is 2.63. The molecule has 5 heteroatoms. The van der Waals surface area contributed by atoms with Crippen LogP contribution >= 0.6 is 15.9 Å². The summed E-state index contributed by atoms with van der Waals surface area (Å²) in [6.45, 7) is 2.69. The van der Waals surface area contributed by atoms with E-state index in [2.05, 4.69) is 31.3 Å². The van der Waals surface area contributed by atoms with E-state index >= 15 is 0 Å². The molecule has 16 heavy (non-hydrogen) atoms. The summed E-state index contributed by atoms with van der Waals surface area (Å²) in [5.41, 5.74) is 3.03. The Morgan fingerprint density at radius 1 is 1.38 bits per heavy atom. The van der Waals surface area contributed by atoms with Crippen molar-refractivity contribution in [2.45, 2.75) is 13.5 Å². The van der Waals surface area contributed by atoms with E-state index < -0.39 is 0 Å². The van der Waals surface area contributed by atoms with Crippen molar-refractivity contribution in [2.24, 2.45) is 7.05 Å². The van der Waals surface area contributed by atoms with Crippen molar-refractivity contribution in [1.29, 1.82) is 0 Å². The van der Waals surface area contributed by atoms with Gasteiger partial charge in [-0.25, -0.2) is 4.98 Å². The molecule has 0 aromatic carbocycles. The molecular formula is C11H13BrN4. The van der Waals surface area contributed by atoms with Gasteiger partial charge >= 0.3 is 0 Å². The minimum Gasteiger partial charge on any atom is -0.378 e. The highest BCUT2D eigenvalue weighted by Gasteiger charge is 2.01. The van der Waals surface area contributed by atoms with E-state index in [4.69, 9.17) is 0 Å². The fraction of sp³-hybridized carbons (Fsp3) is 0.273. The van der Waals surface area contributed by atoms with Crippen molar-refractivity contribution < 1.29 is 0 Å². The molecule has 2 aromatic rings. The Morgan fingerprint density at radius 3 is 2.81 bits per heavy atom. The van der Waals surface area contributed by atoms with E-state index in [0.717, 1.165) is 21.7 Å². The van der Waals surface area contributed by atoms with Gasteiger partial charge in [-0.15, -0.1) is 0 Å². The normalized spacial score (nSPS) is 10.4. The second-order valence-corrected chi connectivity index (χ2v) is 4.41. The molecule has 0 amide bonds. The lowest BCUT2D eigenvalue weighted by Gasteiger charge is -2.07. The zero-order valence-electron chi connectivity index (χ0n) is 9.24. The number of rotatable bonds is 3. The van der Waals surface area contributed by atoms with E-state index in [-0.39, 0.29) is 0 Å². The molecule has 0 fully saturated rings. The fourth-order valence-electron chi connectivity index (χ4n) is 1.46. The van der Waals surface area contributed by atoms with Crippen LogP contribution in [0.1, 0.15) is 11.4 Å². The maximum Gasteiger partial charge on any atom is 0.106 e. The van der Waals surface area contributed by atoms with E-state index in [0.29, 0.717) is 6.54 Å². The lowest BCUT2D eigenvalue weighted by molar-refractivity contribution is 0.747. The largest absolute Gasteiger partial charge is 0.378 e. The Balaban J connectivity index is 2.04. The summed E-state index contributed by atoms with van der Waals surface area (Å²) < 4.78 is 2.65. The fourth-order valence-corrected chi connectivity index (χ4v) is 1.86. The maximum absolute atomic E-state index is 4.32. The van der Waals surface area contributed by atoms with Gasteiger partial charge < -0.3 is 5.32 Å². The molecule has 84 valence electrons. The zero-order valence-corrected chi connectivity index (χ0v) is 10.8. The number of anilines is 1. The zero-order chi connectivity index (χ0) is 11.5. The quantitative estimate of drug-likeness (QED) is 0.879. The van der Waals surface area contributed by atoms with Gasteiger partial charge in [-0.3, -0.25) is 4.68 Å². The summed E-state index contributed by atoms with van der Waals surface area (Å²) >= 11 is 3.34. The highest BCUT2D eigenvalue weighted by molar-refractivity contribution is 9.10. The number of aromatic nitrogens is 3. The molecule has 0 aliphatic heterocycles. The van der Waals surface area contributed by atoms with E-state index in [9.17, 15) is 0 Å². The molecular weight excluding hydrogens is 268 g/mol. The molecule has 1 N–H and O–H groups in total. The SMILES string of the molecule is Cc1nc(Br)ccc1NCc1ccn(C)n1. The number of pyridine rings is 1. The van der Waals surface area contributed by atoms with Crippen LogP contribution in [0.15, 0.2) is 29.0 Å². The van der Waals surface area contributed by atoms with Crippen LogP contribution in [0, 0.1) is 6.92 Å². The molecule has 2 heterocycles. The van der Waals surface area contributed by atoms with Crippen LogP contribution in [0.4, 0.5) is 5.69 Å².